The maximum absolute atomic E-state index is 5.65. The molecule has 4 saturated carbocycles. The SMILES string of the molecule is COCOCC12CC3CC(CC(C3)C1)C2. The average Bonchev–Trinajstić information content (AvgIpc) is 2.15. The van der Waals surface area contributed by atoms with Crippen LogP contribution in [0.4, 0.5) is 0 Å². The molecule has 0 saturated heterocycles. The van der Waals surface area contributed by atoms with Gasteiger partial charge in [-0.3, -0.25) is 0 Å². The molecule has 4 fully saturated rings. The van der Waals surface area contributed by atoms with E-state index in [0.717, 1.165) is 24.4 Å². The predicted molar refractivity (Wildman–Crippen MR) is 58.4 cm³/mol. The smallest absolute Gasteiger partial charge is 0.146 e. The second-order valence-corrected chi connectivity index (χ2v) is 6.17. The topological polar surface area (TPSA) is 18.5 Å². The van der Waals surface area contributed by atoms with Gasteiger partial charge in [0.15, 0.2) is 0 Å². The maximum Gasteiger partial charge on any atom is 0.146 e. The van der Waals surface area contributed by atoms with Crippen molar-refractivity contribution in [3.05, 3.63) is 0 Å². The molecule has 0 aromatic carbocycles. The predicted octanol–water partition coefficient (Wildman–Crippen LogP) is 2.82. The van der Waals surface area contributed by atoms with Gasteiger partial charge in [-0.1, -0.05) is 0 Å². The molecule has 2 nitrogen and oxygen atoms in total. The molecule has 0 radical (unpaired) electrons. The van der Waals surface area contributed by atoms with Gasteiger partial charge in [0.05, 0.1) is 6.61 Å². The first-order chi connectivity index (χ1) is 7.30. The molecule has 0 amide bonds. The Bertz CT molecular complexity index is 201. The lowest BCUT2D eigenvalue weighted by Crippen LogP contribution is -2.48. The second kappa shape index (κ2) is 3.74. The van der Waals surface area contributed by atoms with Gasteiger partial charge in [0.2, 0.25) is 0 Å². The fourth-order valence-corrected chi connectivity index (χ4v) is 4.81. The molecule has 4 aliphatic rings. The summed E-state index contributed by atoms with van der Waals surface area (Å²) in [5.41, 5.74) is 0.549. The van der Waals surface area contributed by atoms with Crippen molar-refractivity contribution in [2.75, 3.05) is 20.5 Å². The van der Waals surface area contributed by atoms with E-state index in [0.29, 0.717) is 12.2 Å². The molecule has 86 valence electrons. The van der Waals surface area contributed by atoms with E-state index in [1.54, 1.807) is 7.11 Å². The number of hydrogen-bond donors (Lipinski definition) is 0. The zero-order chi connectivity index (χ0) is 10.3. The lowest BCUT2D eigenvalue weighted by Gasteiger charge is -2.56. The van der Waals surface area contributed by atoms with Crippen molar-refractivity contribution >= 4 is 0 Å². The average molecular weight is 210 g/mol. The van der Waals surface area contributed by atoms with Crippen molar-refractivity contribution in [3.8, 4) is 0 Å². The Kier molecular flexibility index (Phi) is 2.52. The summed E-state index contributed by atoms with van der Waals surface area (Å²) >= 11 is 0. The third-order valence-corrected chi connectivity index (χ3v) is 4.77. The van der Waals surface area contributed by atoms with Gasteiger partial charge in [-0.15, -0.1) is 0 Å². The molecule has 15 heavy (non-hydrogen) atoms. The second-order valence-electron chi connectivity index (χ2n) is 6.17. The van der Waals surface area contributed by atoms with Gasteiger partial charge in [0.25, 0.3) is 0 Å². The molecule has 0 aromatic heterocycles. The van der Waals surface area contributed by atoms with Crippen molar-refractivity contribution in [1.82, 2.24) is 0 Å². The van der Waals surface area contributed by atoms with E-state index in [-0.39, 0.29) is 0 Å². The summed E-state index contributed by atoms with van der Waals surface area (Å²) in [7, 11) is 1.71. The molecule has 0 spiro atoms. The molecule has 4 bridgehead atoms. The number of ether oxygens (including phenoxy) is 2. The van der Waals surface area contributed by atoms with Crippen LogP contribution in [0, 0.1) is 23.2 Å². The summed E-state index contributed by atoms with van der Waals surface area (Å²) in [6, 6.07) is 0. The van der Waals surface area contributed by atoms with Crippen LogP contribution in [-0.2, 0) is 9.47 Å². The zero-order valence-corrected chi connectivity index (χ0v) is 9.71. The molecule has 4 rings (SSSR count). The Morgan fingerprint density at radius 2 is 1.53 bits per heavy atom. The quantitative estimate of drug-likeness (QED) is 0.525. The molecular formula is C13H22O2. The highest BCUT2D eigenvalue weighted by atomic mass is 16.7. The van der Waals surface area contributed by atoms with Crippen molar-refractivity contribution < 1.29 is 9.47 Å². The van der Waals surface area contributed by atoms with E-state index in [9.17, 15) is 0 Å². The summed E-state index contributed by atoms with van der Waals surface area (Å²) < 4.78 is 10.6. The Morgan fingerprint density at radius 1 is 1.00 bits per heavy atom. The van der Waals surface area contributed by atoms with E-state index in [1.807, 2.05) is 0 Å². The number of hydrogen-bond acceptors (Lipinski definition) is 2. The molecule has 0 N–H and O–H groups in total. The van der Waals surface area contributed by atoms with Crippen LogP contribution < -0.4 is 0 Å². The minimum absolute atomic E-state index is 0.474. The molecule has 0 atom stereocenters. The molecule has 0 aliphatic heterocycles. The van der Waals surface area contributed by atoms with Gasteiger partial charge >= 0.3 is 0 Å². The van der Waals surface area contributed by atoms with Crippen LogP contribution in [0.2, 0.25) is 0 Å². The highest BCUT2D eigenvalue weighted by Crippen LogP contribution is 2.59. The molecule has 2 heteroatoms. The maximum atomic E-state index is 5.65. The van der Waals surface area contributed by atoms with Gasteiger partial charge in [-0.2, -0.15) is 0 Å². The van der Waals surface area contributed by atoms with Gasteiger partial charge in [-0.25, -0.2) is 0 Å². The number of rotatable bonds is 4. The first kappa shape index (κ1) is 10.1. The molecule has 0 unspecified atom stereocenters. The number of methoxy groups -OCH3 is 1. The van der Waals surface area contributed by atoms with E-state index < -0.39 is 0 Å². The largest absolute Gasteiger partial charge is 0.359 e. The lowest BCUT2D eigenvalue weighted by molar-refractivity contribution is -0.127. The Hall–Kier alpha value is -0.0800. The standard InChI is InChI=1S/C13H22O2/c1-14-9-15-8-13-5-10-2-11(6-13)4-12(3-10)7-13/h10-12H,2-9H2,1H3. The summed E-state index contributed by atoms with van der Waals surface area (Å²) in [6.07, 6.45) is 8.85. The molecule has 4 aliphatic carbocycles. The third kappa shape index (κ3) is 1.83. The van der Waals surface area contributed by atoms with E-state index in [1.165, 1.54) is 38.5 Å². The van der Waals surface area contributed by atoms with E-state index in [2.05, 4.69) is 0 Å². The highest BCUT2D eigenvalue weighted by molar-refractivity contribution is 5.01. The van der Waals surface area contributed by atoms with Crippen LogP contribution in [0.25, 0.3) is 0 Å². The summed E-state index contributed by atoms with van der Waals surface area (Å²) in [4.78, 5) is 0. The first-order valence-corrected chi connectivity index (χ1v) is 6.36. The van der Waals surface area contributed by atoms with Crippen molar-refractivity contribution in [3.63, 3.8) is 0 Å². The van der Waals surface area contributed by atoms with Crippen LogP contribution in [-0.4, -0.2) is 20.5 Å². The zero-order valence-electron chi connectivity index (χ0n) is 9.71. The fraction of sp³-hybridized carbons (Fsp3) is 1.00. The van der Waals surface area contributed by atoms with Crippen molar-refractivity contribution in [2.24, 2.45) is 23.2 Å². The van der Waals surface area contributed by atoms with Gasteiger partial charge < -0.3 is 9.47 Å². The first-order valence-electron chi connectivity index (χ1n) is 6.36. The van der Waals surface area contributed by atoms with Crippen molar-refractivity contribution in [2.45, 2.75) is 38.5 Å². The summed E-state index contributed by atoms with van der Waals surface area (Å²) in [6.45, 7) is 1.42. The minimum atomic E-state index is 0.474. The van der Waals surface area contributed by atoms with E-state index in [4.69, 9.17) is 9.47 Å². The monoisotopic (exact) mass is 210 g/mol. The molecule has 0 heterocycles. The van der Waals surface area contributed by atoms with Gasteiger partial charge in [-0.05, 0) is 61.7 Å². The fourth-order valence-electron chi connectivity index (χ4n) is 4.81. The third-order valence-electron chi connectivity index (χ3n) is 4.77. The normalized spacial score (nSPS) is 47.4. The highest BCUT2D eigenvalue weighted by Gasteiger charge is 2.50. The van der Waals surface area contributed by atoms with Crippen molar-refractivity contribution in [1.29, 1.82) is 0 Å². The Morgan fingerprint density at radius 3 is 2.00 bits per heavy atom. The lowest BCUT2D eigenvalue weighted by atomic mass is 9.50. The Labute approximate surface area is 92.3 Å². The molecular weight excluding hydrogens is 188 g/mol. The van der Waals surface area contributed by atoms with Gasteiger partial charge in [0.1, 0.15) is 6.79 Å². The van der Waals surface area contributed by atoms with Crippen LogP contribution >= 0.6 is 0 Å². The van der Waals surface area contributed by atoms with E-state index >= 15 is 0 Å². The minimum Gasteiger partial charge on any atom is -0.359 e. The van der Waals surface area contributed by atoms with Crippen LogP contribution in [0.5, 0.6) is 0 Å². The summed E-state index contributed by atoms with van der Waals surface area (Å²) in [5, 5.41) is 0. The van der Waals surface area contributed by atoms with Crippen LogP contribution in [0.3, 0.4) is 0 Å². The van der Waals surface area contributed by atoms with Crippen LogP contribution in [0.15, 0.2) is 0 Å². The van der Waals surface area contributed by atoms with Crippen LogP contribution in [0.1, 0.15) is 38.5 Å². The summed E-state index contributed by atoms with van der Waals surface area (Å²) in [5.74, 6) is 3.09. The van der Waals surface area contributed by atoms with Gasteiger partial charge in [0, 0.05) is 7.11 Å². The Balaban J connectivity index is 1.65. The molecule has 0 aromatic rings.